The lowest BCUT2D eigenvalue weighted by Crippen LogP contribution is -2.51. The van der Waals surface area contributed by atoms with Crippen molar-refractivity contribution in [1.29, 1.82) is 0 Å². The van der Waals surface area contributed by atoms with Gasteiger partial charge in [-0.15, -0.1) is 0 Å². The number of fused-ring (bicyclic) bond motifs is 1. The van der Waals surface area contributed by atoms with Crippen molar-refractivity contribution in [1.82, 2.24) is 9.88 Å². The van der Waals surface area contributed by atoms with Crippen molar-refractivity contribution in [2.24, 2.45) is 0 Å². The number of aromatic nitrogens is 1. The van der Waals surface area contributed by atoms with E-state index in [0.717, 1.165) is 34.6 Å². The van der Waals surface area contributed by atoms with Crippen molar-refractivity contribution in [3.8, 4) is 5.75 Å². The SMILES string of the molecule is Cc1cc(CN2CCN(c3nc4cc(F)c(C(F)(F)F)cc4s3)C[C@H]2C)cc(OCC(=O)O)c1. The minimum atomic E-state index is -4.75. The molecule has 0 bridgehead atoms. The summed E-state index contributed by atoms with van der Waals surface area (Å²) in [5, 5.41) is 9.40. The average Bonchev–Trinajstić information content (AvgIpc) is 3.15. The molecule has 2 heterocycles. The summed E-state index contributed by atoms with van der Waals surface area (Å²) in [6, 6.07) is 7.43. The molecule has 0 radical (unpaired) electrons. The predicted octanol–water partition coefficient (Wildman–Crippen LogP) is 4.94. The fourth-order valence-electron chi connectivity index (χ4n) is 4.07. The summed E-state index contributed by atoms with van der Waals surface area (Å²) in [6.07, 6.45) is -4.75. The van der Waals surface area contributed by atoms with Crippen LogP contribution in [0.2, 0.25) is 0 Å². The van der Waals surface area contributed by atoms with E-state index in [-0.39, 0.29) is 11.6 Å². The second kappa shape index (κ2) is 9.38. The Morgan fingerprint density at radius 3 is 2.68 bits per heavy atom. The van der Waals surface area contributed by atoms with E-state index in [1.807, 2.05) is 24.0 Å². The smallest absolute Gasteiger partial charge is 0.419 e. The predicted molar refractivity (Wildman–Crippen MR) is 121 cm³/mol. The summed E-state index contributed by atoms with van der Waals surface area (Å²) in [4.78, 5) is 19.4. The Kier molecular flexibility index (Phi) is 6.68. The van der Waals surface area contributed by atoms with Crippen LogP contribution in [0.25, 0.3) is 10.2 Å². The molecule has 1 aromatic heterocycles. The van der Waals surface area contributed by atoms with Gasteiger partial charge in [-0.05, 0) is 43.2 Å². The van der Waals surface area contributed by atoms with Crippen LogP contribution in [0.15, 0.2) is 30.3 Å². The Morgan fingerprint density at radius 2 is 2.00 bits per heavy atom. The molecule has 1 aliphatic heterocycles. The number of carboxylic acids is 1. The molecule has 34 heavy (non-hydrogen) atoms. The number of anilines is 1. The maximum Gasteiger partial charge on any atom is 0.419 e. The number of carboxylic acid groups (broad SMARTS) is 1. The van der Waals surface area contributed by atoms with Crippen LogP contribution in [0, 0.1) is 12.7 Å². The van der Waals surface area contributed by atoms with Crippen LogP contribution in [0.5, 0.6) is 5.75 Å². The van der Waals surface area contributed by atoms with Gasteiger partial charge in [-0.2, -0.15) is 13.2 Å². The van der Waals surface area contributed by atoms with E-state index in [0.29, 0.717) is 41.8 Å². The van der Waals surface area contributed by atoms with Gasteiger partial charge in [0.15, 0.2) is 11.7 Å². The van der Waals surface area contributed by atoms with Gasteiger partial charge in [0.25, 0.3) is 0 Å². The molecular formula is C23H23F4N3O3S. The number of hydrogen-bond acceptors (Lipinski definition) is 6. The van der Waals surface area contributed by atoms with Crippen LogP contribution in [0.3, 0.4) is 0 Å². The van der Waals surface area contributed by atoms with E-state index < -0.39 is 30.1 Å². The highest BCUT2D eigenvalue weighted by Gasteiger charge is 2.35. The molecule has 0 amide bonds. The van der Waals surface area contributed by atoms with Crippen LogP contribution in [0.1, 0.15) is 23.6 Å². The van der Waals surface area contributed by atoms with Crippen molar-refractivity contribution < 1.29 is 32.2 Å². The molecule has 6 nitrogen and oxygen atoms in total. The first-order valence-corrected chi connectivity index (χ1v) is 11.4. The standard InChI is InChI=1S/C23H23F4N3O3S/c1-13-5-15(7-16(6-13)33-12-21(31)32)11-29-3-4-30(10-14(29)2)22-28-19-9-18(24)17(23(25,26)27)8-20(19)34-22/h5-9,14H,3-4,10-12H2,1-2H3,(H,31,32)/t14-/m1/s1. The highest BCUT2D eigenvalue weighted by atomic mass is 32.1. The molecule has 4 rings (SSSR count). The van der Waals surface area contributed by atoms with Gasteiger partial charge in [-0.3, -0.25) is 4.90 Å². The van der Waals surface area contributed by atoms with E-state index in [4.69, 9.17) is 9.84 Å². The Bertz CT molecular complexity index is 1210. The number of thiazole rings is 1. The van der Waals surface area contributed by atoms with Crippen LogP contribution < -0.4 is 9.64 Å². The van der Waals surface area contributed by atoms with Gasteiger partial charge in [0.2, 0.25) is 0 Å². The largest absolute Gasteiger partial charge is 0.482 e. The zero-order chi connectivity index (χ0) is 24.6. The number of alkyl halides is 3. The summed E-state index contributed by atoms with van der Waals surface area (Å²) < 4.78 is 58.6. The number of carbonyl (C=O) groups is 1. The normalized spacial score (nSPS) is 17.4. The van der Waals surface area contributed by atoms with Crippen LogP contribution >= 0.6 is 11.3 Å². The van der Waals surface area contributed by atoms with Gasteiger partial charge in [0, 0.05) is 38.3 Å². The van der Waals surface area contributed by atoms with Crippen LogP contribution in [-0.4, -0.2) is 53.2 Å². The molecule has 11 heteroatoms. The molecule has 1 N–H and O–H groups in total. The van der Waals surface area contributed by atoms with E-state index >= 15 is 0 Å². The Hall–Kier alpha value is -2.92. The van der Waals surface area contributed by atoms with E-state index in [2.05, 4.69) is 16.8 Å². The van der Waals surface area contributed by atoms with Gasteiger partial charge < -0.3 is 14.7 Å². The highest BCUT2D eigenvalue weighted by Crippen LogP contribution is 2.37. The molecule has 1 atom stereocenters. The zero-order valence-electron chi connectivity index (χ0n) is 18.5. The molecule has 0 aliphatic carbocycles. The fraction of sp³-hybridized carbons (Fsp3) is 0.391. The molecule has 3 aromatic rings. The third kappa shape index (κ3) is 5.41. The zero-order valence-corrected chi connectivity index (χ0v) is 19.3. The molecule has 0 unspecified atom stereocenters. The lowest BCUT2D eigenvalue weighted by atomic mass is 10.1. The monoisotopic (exact) mass is 497 g/mol. The minimum Gasteiger partial charge on any atom is -0.482 e. The Balaban J connectivity index is 1.45. The molecule has 0 spiro atoms. The maximum atomic E-state index is 13.9. The quantitative estimate of drug-likeness (QED) is 0.487. The molecule has 1 aliphatic rings. The van der Waals surface area contributed by atoms with E-state index in [1.165, 1.54) is 0 Å². The number of rotatable bonds is 6. The lowest BCUT2D eigenvalue weighted by Gasteiger charge is -2.39. The second-order valence-corrected chi connectivity index (χ2v) is 9.41. The number of aryl methyl sites for hydroxylation is 1. The lowest BCUT2D eigenvalue weighted by molar-refractivity contribution is -0.140. The topological polar surface area (TPSA) is 65.9 Å². The van der Waals surface area contributed by atoms with Crippen molar-refractivity contribution in [2.45, 2.75) is 32.6 Å². The summed E-state index contributed by atoms with van der Waals surface area (Å²) in [5.74, 6) is -1.86. The van der Waals surface area contributed by atoms with Crippen molar-refractivity contribution in [3.63, 3.8) is 0 Å². The third-order valence-electron chi connectivity index (χ3n) is 5.67. The number of ether oxygens (including phenoxy) is 1. The summed E-state index contributed by atoms with van der Waals surface area (Å²) in [5.41, 5.74) is 0.896. The summed E-state index contributed by atoms with van der Waals surface area (Å²) >= 11 is 1.13. The number of piperazine rings is 1. The second-order valence-electron chi connectivity index (χ2n) is 8.40. The van der Waals surface area contributed by atoms with Crippen LogP contribution in [-0.2, 0) is 17.5 Å². The van der Waals surface area contributed by atoms with E-state index in [1.54, 1.807) is 6.07 Å². The number of nitrogens with zero attached hydrogens (tertiary/aromatic N) is 3. The van der Waals surface area contributed by atoms with Crippen molar-refractivity contribution in [3.05, 3.63) is 52.8 Å². The summed E-state index contributed by atoms with van der Waals surface area (Å²) in [6.45, 7) is 6.12. The number of hydrogen-bond donors (Lipinski definition) is 1. The Labute approximate surface area is 197 Å². The maximum absolute atomic E-state index is 13.9. The van der Waals surface area contributed by atoms with Gasteiger partial charge >= 0.3 is 12.1 Å². The fourth-order valence-corrected chi connectivity index (χ4v) is 5.09. The number of benzene rings is 2. The van der Waals surface area contributed by atoms with Crippen molar-refractivity contribution >= 4 is 32.7 Å². The summed E-state index contributed by atoms with van der Waals surface area (Å²) in [7, 11) is 0. The van der Waals surface area contributed by atoms with Crippen LogP contribution in [0.4, 0.5) is 22.7 Å². The number of aliphatic carboxylic acids is 1. The first-order valence-electron chi connectivity index (χ1n) is 10.6. The van der Waals surface area contributed by atoms with Gasteiger partial charge in [0.1, 0.15) is 11.6 Å². The molecule has 0 saturated carbocycles. The molecule has 182 valence electrons. The average molecular weight is 498 g/mol. The molecule has 2 aromatic carbocycles. The first kappa shape index (κ1) is 24.2. The minimum absolute atomic E-state index is 0.118. The Morgan fingerprint density at radius 1 is 1.24 bits per heavy atom. The molecule has 1 fully saturated rings. The molecule has 1 saturated heterocycles. The van der Waals surface area contributed by atoms with Crippen molar-refractivity contribution in [2.75, 3.05) is 31.1 Å². The third-order valence-corrected chi connectivity index (χ3v) is 6.74. The van der Waals surface area contributed by atoms with Gasteiger partial charge in [-0.25, -0.2) is 14.2 Å². The first-order chi connectivity index (χ1) is 16.0. The number of halogens is 4. The van der Waals surface area contributed by atoms with Gasteiger partial charge in [0.05, 0.1) is 15.8 Å². The van der Waals surface area contributed by atoms with Gasteiger partial charge in [-0.1, -0.05) is 17.4 Å². The molecular weight excluding hydrogens is 474 g/mol. The van der Waals surface area contributed by atoms with E-state index in [9.17, 15) is 22.4 Å². The highest BCUT2D eigenvalue weighted by molar-refractivity contribution is 7.22.